The number of morpholine rings is 1. The Morgan fingerprint density at radius 1 is 1.50 bits per heavy atom. The first-order chi connectivity index (χ1) is 7.69. The van der Waals surface area contributed by atoms with Crippen molar-refractivity contribution in [3.63, 3.8) is 0 Å². The zero-order valence-electron chi connectivity index (χ0n) is 10.2. The van der Waals surface area contributed by atoms with E-state index in [1.165, 1.54) is 12.8 Å². The normalized spacial score (nSPS) is 23.0. The van der Waals surface area contributed by atoms with Gasteiger partial charge in [-0.05, 0) is 18.3 Å². The summed E-state index contributed by atoms with van der Waals surface area (Å²) in [7, 11) is 0. The molecule has 0 aliphatic carbocycles. The molecule has 0 N–H and O–H groups in total. The molecule has 16 heavy (non-hydrogen) atoms. The molecule has 1 saturated heterocycles. The summed E-state index contributed by atoms with van der Waals surface area (Å²) in [5.41, 5.74) is 0.345. The second-order valence-electron chi connectivity index (χ2n) is 4.56. The molecule has 0 aromatic carbocycles. The number of nitriles is 1. The minimum Gasteiger partial charge on any atom is -0.361 e. The molecule has 0 aromatic heterocycles. The van der Waals surface area contributed by atoms with E-state index < -0.39 is 0 Å². The fraction of sp³-hybridized carbons (Fsp3) is 0.917. The highest BCUT2D eigenvalue weighted by molar-refractivity contribution is 9.09. The molecule has 1 fully saturated rings. The largest absolute Gasteiger partial charge is 0.361 e. The number of nitrogens with zero attached hydrogens (tertiary/aromatic N) is 2. The average Bonchev–Trinajstić information content (AvgIpc) is 2.36. The Labute approximate surface area is 107 Å². The van der Waals surface area contributed by atoms with Gasteiger partial charge in [-0.2, -0.15) is 5.26 Å². The predicted molar refractivity (Wildman–Crippen MR) is 68.6 cm³/mol. The van der Waals surface area contributed by atoms with Crippen molar-refractivity contribution in [3.05, 3.63) is 0 Å². The third-order valence-electron chi connectivity index (χ3n) is 3.64. The summed E-state index contributed by atoms with van der Waals surface area (Å²) in [6.45, 7) is 7.94. The lowest BCUT2D eigenvalue weighted by molar-refractivity contribution is -0.0142. The lowest BCUT2D eigenvalue weighted by atomic mass is 9.84. The smallest absolute Gasteiger partial charge is 0.156 e. The molecule has 1 heterocycles. The third-order valence-corrected chi connectivity index (χ3v) is 4.83. The first-order valence-electron chi connectivity index (χ1n) is 5.99. The summed E-state index contributed by atoms with van der Waals surface area (Å²) >= 11 is 3.63. The number of halogens is 1. The summed E-state index contributed by atoms with van der Waals surface area (Å²) in [6, 6.07) is 2.20. The SMILES string of the molecule is CCC(CC)(CBr)CN1CCOC(C#N)C1. The molecule has 1 rings (SSSR count). The van der Waals surface area contributed by atoms with Crippen molar-refractivity contribution in [2.45, 2.75) is 32.8 Å². The maximum Gasteiger partial charge on any atom is 0.156 e. The van der Waals surface area contributed by atoms with E-state index in [1.54, 1.807) is 0 Å². The zero-order valence-corrected chi connectivity index (χ0v) is 11.8. The van der Waals surface area contributed by atoms with Crippen molar-refractivity contribution in [1.82, 2.24) is 4.90 Å². The van der Waals surface area contributed by atoms with E-state index in [-0.39, 0.29) is 6.10 Å². The zero-order chi connectivity index (χ0) is 12.0. The number of rotatable bonds is 5. The Morgan fingerprint density at radius 3 is 2.69 bits per heavy atom. The first kappa shape index (κ1) is 14.0. The van der Waals surface area contributed by atoms with E-state index in [1.807, 2.05) is 0 Å². The predicted octanol–water partition coefficient (Wildman–Crippen LogP) is 2.41. The summed E-state index contributed by atoms with van der Waals surface area (Å²) in [6.07, 6.45) is 2.10. The van der Waals surface area contributed by atoms with Crippen LogP contribution in [-0.4, -0.2) is 42.6 Å². The second kappa shape index (κ2) is 6.58. The molecule has 0 amide bonds. The number of hydrogen-bond acceptors (Lipinski definition) is 3. The maximum absolute atomic E-state index is 8.87. The van der Waals surface area contributed by atoms with Gasteiger partial charge in [0, 0.05) is 25.0 Å². The van der Waals surface area contributed by atoms with E-state index in [9.17, 15) is 0 Å². The molecule has 1 aliphatic heterocycles. The minimum atomic E-state index is -0.240. The standard InChI is InChI=1S/C12H21BrN2O/c1-3-12(4-2,9-13)10-15-5-6-16-11(7-14)8-15/h11H,3-6,8-10H2,1-2H3. The molecular formula is C12H21BrN2O. The van der Waals surface area contributed by atoms with Crippen molar-refractivity contribution >= 4 is 15.9 Å². The molecule has 92 valence electrons. The molecule has 1 atom stereocenters. The van der Waals surface area contributed by atoms with Gasteiger partial charge in [0.05, 0.1) is 12.7 Å². The minimum absolute atomic E-state index is 0.240. The number of ether oxygens (including phenoxy) is 1. The van der Waals surface area contributed by atoms with E-state index in [2.05, 4.69) is 40.7 Å². The van der Waals surface area contributed by atoms with Crippen molar-refractivity contribution in [3.8, 4) is 6.07 Å². The van der Waals surface area contributed by atoms with Gasteiger partial charge < -0.3 is 4.74 Å². The van der Waals surface area contributed by atoms with Gasteiger partial charge in [-0.1, -0.05) is 29.8 Å². The molecule has 4 heteroatoms. The van der Waals surface area contributed by atoms with Crippen molar-refractivity contribution < 1.29 is 4.74 Å². The van der Waals surface area contributed by atoms with Crippen molar-refractivity contribution in [2.75, 3.05) is 31.6 Å². The van der Waals surface area contributed by atoms with Crippen LogP contribution in [0.4, 0.5) is 0 Å². The average molecular weight is 289 g/mol. The van der Waals surface area contributed by atoms with Gasteiger partial charge in [0.2, 0.25) is 0 Å². The molecule has 0 saturated carbocycles. The van der Waals surface area contributed by atoms with Crippen LogP contribution >= 0.6 is 15.9 Å². The van der Waals surface area contributed by atoms with Crippen LogP contribution in [0.1, 0.15) is 26.7 Å². The summed E-state index contributed by atoms with van der Waals surface area (Å²) < 4.78 is 5.36. The van der Waals surface area contributed by atoms with Gasteiger partial charge >= 0.3 is 0 Å². The highest BCUT2D eigenvalue weighted by atomic mass is 79.9. The molecule has 1 aliphatic rings. The van der Waals surface area contributed by atoms with Gasteiger partial charge in [0.1, 0.15) is 0 Å². The molecule has 0 spiro atoms. The Kier molecular flexibility index (Phi) is 5.74. The Balaban J connectivity index is 2.55. The Bertz CT molecular complexity index is 240. The molecule has 0 bridgehead atoms. The van der Waals surface area contributed by atoms with Crippen LogP contribution < -0.4 is 0 Å². The highest BCUT2D eigenvalue weighted by Gasteiger charge is 2.30. The number of alkyl halides is 1. The third kappa shape index (κ3) is 3.44. The van der Waals surface area contributed by atoms with E-state index in [0.717, 1.165) is 25.0 Å². The quantitative estimate of drug-likeness (QED) is 0.729. The van der Waals surface area contributed by atoms with Crippen molar-refractivity contribution in [1.29, 1.82) is 5.26 Å². The van der Waals surface area contributed by atoms with Gasteiger partial charge in [0.25, 0.3) is 0 Å². The van der Waals surface area contributed by atoms with Crippen LogP contribution in [0.3, 0.4) is 0 Å². The fourth-order valence-corrected chi connectivity index (χ4v) is 3.07. The van der Waals surface area contributed by atoms with Crippen LogP contribution in [0.15, 0.2) is 0 Å². The monoisotopic (exact) mass is 288 g/mol. The van der Waals surface area contributed by atoms with Crippen LogP contribution in [0.5, 0.6) is 0 Å². The van der Waals surface area contributed by atoms with E-state index in [0.29, 0.717) is 12.0 Å². The molecule has 1 unspecified atom stereocenters. The first-order valence-corrected chi connectivity index (χ1v) is 7.11. The second-order valence-corrected chi connectivity index (χ2v) is 5.13. The highest BCUT2D eigenvalue weighted by Crippen LogP contribution is 2.30. The van der Waals surface area contributed by atoms with Crippen LogP contribution in [0.25, 0.3) is 0 Å². The molecule has 0 aromatic rings. The van der Waals surface area contributed by atoms with Gasteiger partial charge in [-0.3, -0.25) is 4.90 Å². The summed E-state index contributed by atoms with van der Waals surface area (Å²) in [5.74, 6) is 0. The molecular weight excluding hydrogens is 268 g/mol. The summed E-state index contributed by atoms with van der Waals surface area (Å²) in [4.78, 5) is 2.37. The topological polar surface area (TPSA) is 36.3 Å². The lowest BCUT2D eigenvalue weighted by Crippen LogP contribution is -2.47. The maximum atomic E-state index is 8.87. The lowest BCUT2D eigenvalue weighted by Gasteiger charge is -2.38. The van der Waals surface area contributed by atoms with E-state index >= 15 is 0 Å². The fourth-order valence-electron chi connectivity index (χ4n) is 2.10. The molecule has 0 radical (unpaired) electrons. The van der Waals surface area contributed by atoms with Gasteiger partial charge in [-0.15, -0.1) is 0 Å². The Hall–Kier alpha value is -0.110. The van der Waals surface area contributed by atoms with Crippen LogP contribution in [0, 0.1) is 16.7 Å². The number of hydrogen-bond donors (Lipinski definition) is 0. The van der Waals surface area contributed by atoms with Gasteiger partial charge in [-0.25, -0.2) is 0 Å². The molecule has 3 nitrogen and oxygen atoms in total. The van der Waals surface area contributed by atoms with Crippen LogP contribution in [-0.2, 0) is 4.74 Å². The van der Waals surface area contributed by atoms with E-state index in [4.69, 9.17) is 10.00 Å². The van der Waals surface area contributed by atoms with Crippen LogP contribution in [0.2, 0.25) is 0 Å². The summed E-state index contributed by atoms with van der Waals surface area (Å²) in [5, 5.41) is 9.90. The van der Waals surface area contributed by atoms with Gasteiger partial charge in [0.15, 0.2) is 6.10 Å². The Morgan fingerprint density at radius 2 is 2.19 bits per heavy atom. The van der Waals surface area contributed by atoms with Crippen molar-refractivity contribution in [2.24, 2.45) is 5.41 Å².